The molecule has 0 aliphatic carbocycles. The maximum absolute atomic E-state index is 12.8. The molecule has 0 atom stereocenters. The maximum Gasteiger partial charge on any atom is 0.289 e. The molecule has 0 radical (unpaired) electrons. The Kier molecular flexibility index (Phi) is 6.46. The van der Waals surface area contributed by atoms with Crippen LogP contribution in [0.4, 0.5) is 0 Å². The fourth-order valence-corrected chi connectivity index (χ4v) is 4.58. The van der Waals surface area contributed by atoms with Crippen molar-refractivity contribution in [3.8, 4) is 5.69 Å². The van der Waals surface area contributed by atoms with Crippen molar-refractivity contribution < 1.29 is 14.0 Å². The summed E-state index contributed by atoms with van der Waals surface area (Å²) in [6, 6.07) is 11.6. The fourth-order valence-electron chi connectivity index (χ4n) is 3.71. The summed E-state index contributed by atoms with van der Waals surface area (Å²) >= 11 is 1.44. The van der Waals surface area contributed by atoms with Gasteiger partial charge in [0.05, 0.1) is 17.7 Å². The Morgan fingerprint density at radius 3 is 2.52 bits per heavy atom. The van der Waals surface area contributed by atoms with Gasteiger partial charge in [0, 0.05) is 38.6 Å². The van der Waals surface area contributed by atoms with Gasteiger partial charge in [-0.2, -0.15) is 0 Å². The third-order valence-corrected chi connectivity index (χ3v) is 6.35. The fraction of sp³-hybridized carbons (Fsp3) is 0.348. The van der Waals surface area contributed by atoms with E-state index in [2.05, 4.69) is 31.0 Å². The number of rotatable bonds is 6. The lowest BCUT2D eigenvalue weighted by Crippen LogP contribution is -2.51. The molecule has 0 unspecified atom stereocenters. The molecular formula is C23H26N4O3S. The van der Waals surface area contributed by atoms with Crippen LogP contribution >= 0.6 is 11.8 Å². The summed E-state index contributed by atoms with van der Waals surface area (Å²) in [6.45, 7) is 6.40. The average Bonchev–Trinajstić information content (AvgIpc) is 3.49. The van der Waals surface area contributed by atoms with Crippen molar-refractivity contribution in [2.75, 3.05) is 31.9 Å². The van der Waals surface area contributed by atoms with Crippen molar-refractivity contribution >= 4 is 23.6 Å². The second-order valence-corrected chi connectivity index (χ2v) is 8.67. The van der Waals surface area contributed by atoms with Crippen LogP contribution in [0.2, 0.25) is 0 Å². The van der Waals surface area contributed by atoms with E-state index in [1.54, 1.807) is 23.2 Å². The zero-order valence-corrected chi connectivity index (χ0v) is 18.5. The van der Waals surface area contributed by atoms with Crippen molar-refractivity contribution in [2.45, 2.75) is 24.9 Å². The minimum atomic E-state index is -0.127. The number of thioether (sulfide) groups is 1. The van der Waals surface area contributed by atoms with Gasteiger partial charge in [-0.05, 0) is 29.7 Å². The Balaban J connectivity index is 1.35. The number of benzene rings is 1. The lowest BCUT2D eigenvalue weighted by Gasteiger charge is -2.34. The first-order valence-corrected chi connectivity index (χ1v) is 11.4. The molecule has 0 N–H and O–H groups in total. The minimum absolute atomic E-state index is 0.0572. The van der Waals surface area contributed by atoms with Crippen molar-refractivity contribution in [3.05, 3.63) is 66.4 Å². The largest absolute Gasteiger partial charge is 0.459 e. The van der Waals surface area contributed by atoms with Gasteiger partial charge in [0.25, 0.3) is 5.91 Å². The summed E-state index contributed by atoms with van der Waals surface area (Å²) in [6.07, 6.45) is 5.20. The minimum Gasteiger partial charge on any atom is -0.459 e. The van der Waals surface area contributed by atoms with E-state index in [1.807, 2.05) is 27.8 Å². The van der Waals surface area contributed by atoms with Gasteiger partial charge >= 0.3 is 0 Å². The van der Waals surface area contributed by atoms with Crippen LogP contribution in [-0.4, -0.2) is 63.1 Å². The third kappa shape index (κ3) is 4.69. The zero-order chi connectivity index (χ0) is 21.8. The number of amides is 2. The quantitative estimate of drug-likeness (QED) is 0.549. The number of nitrogens with zero attached hydrogens (tertiary/aromatic N) is 4. The van der Waals surface area contributed by atoms with Crippen LogP contribution in [0.5, 0.6) is 0 Å². The lowest BCUT2D eigenvalue weighted by molar-refractivity contribution is -0.129. The van der Waals surface area contributed by atoms with Gasteiger partial charge in [0.15, 0.2) is 10.9 Å². The molecule has 1 aliphatic rings. The summed E-state index contributed by atoms with van der Waals surface area (Å²) in [4.78, 5) is 33.2. The van der Waals surface area contributed by atoms with Gasteiger partial charge in [-0.1, -0.05) is 43.8 Å². The Bertz CT molecular complexity index is 1040. The molecule has 31 heavy (non-hydrogen) atoms. The number of para-hydroxylation sites is 1. The molecule has 8 heteroatoms. The molecule has 2 amide bonds. The van der Waals surface area contributed by atoms with E-state index in [1.165, 1.54) is 23.6 Å². The van der Waals surface area contributed by atoms with E-state index in [0.717, 1.165) is 10.8 Å². The average molecular weight is 439 g/mol. The third-order valence-electron chi connectivity index (χ3n) is 5.40. The first kappa shape index (κ1) is 21.2. The predicted octanol–water partition coefficient (Wildman–Crippen LogP) is 3.67. The molecule has 3 aromatic rings. The van der Waals surface area contributed by atoms with Crippen molar-refractivity contribution in [1.29, 1.82) is 0 Å². The summed E-state index contributed by atoms with van der Waals surface area (Å²) in [5.74, 6) is 0.966. The molecule has 4 rings (SSSR count). The highest BCUT2D eigenvalue weighted by Crippen LogP contribution is 2.27. The number of imidazole rings is 1. The Morgan fingerprint density at radius 2 is 1.81 bits per heavy atom. The first-order valence-electron chi connectivity index (χ1n) is 10.4. The van der Waals surface area contributed by atoms with Crippen molar-refractivity contribution in [1.82, 2.24) is 19.4 Å². The van der Waals surface area contributed by atoms with Crippen molar-refractivity contribution in [3.63, 3.8) is 0 Å². The summed E-state index contributed by atoms with van der Waals surface area (Å²) in [7, 11) is 0. The predicted molar refractivity (Wildman–Crippen MR) is 120 cm³/mol. The molecule has 1 aromatic carbocycles. The maximum atomic E-state index is 12.8. The Morgan fingerprint density at radius 1 is 1.06 bits per heavy atom. The van der Waals surface area contributed by atoms with Crippen LogP contribution < -0.4 is 0 Å². The zero-order valence-electron chi connectivity index (χ0n) is 17.7. The molecule has 7 nitrogen and oxygen atoms in total. The van der Waals surface area contributed by atoms with Gasteiger partial charge in [-0.3, -0.25) is 14.2 Å². The van der Waals surface area contributed by atoms with Crippen LogP contribution in [0.1, 0.15) is 35.9 Å². The monoisotopic (exact) mass is 438 g/mol. The van der Waals surface area contributed by atoms with E-state index < -0.39 is 0 Å². The van der Waals surface area contributed by atoms with E-state index in [4.69, 9.17) is 4.42 Å². The molecule has 1 saturated heterocycles. The number of piperazine rings is 1. The smallest absolute Gasteiger partial charge is 0.289 e. The molecule has 0 spiro atoms. The van der Waals surface area contributed by atoms with Crippen LogP contribution in [0.25, 0.3) is 5.69 Å². The summed E-state index contributed by atoms with van der Waals surface area (Å²) < 4.78 is 7.24. The van der Waals surface area contributed by atoms with Crippen LogP contribution in [0.3, 0.4) is 0 Å². The van der Waals surface area contributed by atoms with Crippen LogP contribution in [-0.2, 0) is 4.79 Å². The molecule has 0 saturated carbocycles. The standard InChI is InChI=1S/C23H26N4O3S/c1-17(2)18-6-3-4-7-19(18)27-10-9-24-23(27)31-16-21(28)25-11-13-26(14-12-25)22(29)20-8-5-15-30-20/h3-10,15,17H,11-14,16H2,1-2H3. The number of hydrogen-bond donors (Lipinski definition) is 0. The topological polar surface area (TPSA) is 71.6 Å². The van der Waals surface area contributed by atoms with E-state index >= 15 is 0 Å². The second kappa shape index (κ2) is 9.43. The van der Waals surface area contributed by atoms with Crippen LogP contribution in [0, 0.1) is 0 Å². The number of furan rings is 1. The van der Waals surface area contributed by atoms with Gasteiger partial charge < -0.3 is 14.2 Å². The Labute approximate surface area is 186 Å². The summed E-state index contributed by atoms with van der Waals surface area (Å²) in [5, 5.41) is 0.799. The number of carbonyl (C=O) groups is 2. The van der Waals surface area contributed by atoms with Crippen LogP contribution in [0.15, 0.2) is 64.6 Å². The lowest BCUT2D eigenvalue weighted by atomic mass is 10.0. The first-order chi connectivity index (χ1) is 15.0. The van der Waals surface area contributed by atoms with Gasteiger partial charge in [0.1, 0.15) is 0 Å². The van der Waals surface area contributed by atoms with E-state index in [-0.39, 0.29) is 11.8 Å². The van der Waals surface area contributed by atoms with E-state index in [0.29, 0.717) is 43.6 Å². The van der Waals surface area contributed by atoms with Crippen molar-refractivity contribution in [2.24, 2.45) is 0 Å². The molecule has 162 valence electrons. The number of hydrogen-bond acceptors (Lipinski definition) is 5. The second-order valence-electron chi connectivity index (χ2n) is 7.73. The summed E-state index contributed by atoms with van der Waals surface area (Å²) in [5.41, 5.74) is 2.33. The number of carbonyl (C=O) groups excluding carboxylic acids is 2. The number of aromatic nitrogens is 2. The molecule has 1 fully saturated rings. The highest BCUT2D eigenvalue weighted by Gasteiger charge is 2.26. The normalized spacial score (nSPS) is 14.3. The molecule has 0 bridgehead atoms. The van der Waals surface area contributed by atoms with Gasteiger partial charge in [-0.15, -0.1) is 0 Å². The molecule has 1 aliphatic heterocycles. The molecule has 3 heterocycles. The SMILES string of the molecule is CC(C)c1ccccc1-n1ccnc1SCC(=O)N1CCN(C(=O)c2ccco2)CC1. The van der Waals surface area contributed by atoms with E-state index in [9.17, 15) is 9.59 Å². The molecule has 2 aromatic heterocycles. The highest BCUT2D eigenvalue weighted by molar-refractivity contribution is 7.99. The van der Waals surface area contributed by atoms with Gasteiger partial charge in [0.2, 0.25) is 5.91 Å². The van der Waals surface area contributed by atoms with Gasteiger partial charge in [-0.25, -0.2) is 4.98 Å². The highest BCUT2D eigenvalue weighted by atomic mass is 32.2. The molecular weight excluding hydrogens is 412 g/mol. The Hall–Kier alpha value is -3.00.